The van der Waals surface area contributed by atoms with Gasteiger partial charge in [-0.25, -0.2) is 0 Å². The van der Waals surface area contributed by atoms with E-state index in [2.05, 4.69) is 53.5 Å². The first-order valence-electron chi connectivity index (χ1n) is 13.1. The molecule has 5 rings (SSSR count). The van der Waals surface area contributed by atoms with Crippen LogP contribution in [-0.2, 0) is 31.3 Å². The Bertz CT molecular complexity index is 1400. The Hall–Kier alpha value is -2.88. The van der Waals surface area contributed by atoms with Crippen LogP contribution < -0.4 is 0 Å². The summed E-state index contributed by atoms with van der Waals surface area (Å²) in [5.41, 5.74) is 6.80. The quantitative estimate of drug-likeness (QED) is 0.108. The molecule has 1 aliphatic carbocycles. The van der Waals surface area contributed by atoms with E-state index >= 15 is 0 Å². The van der Waals surface area contributed by atoms with Crippen molar-refractivity contribution in [1.82, 2.24) is 9.97 Å². The number of nitrogens with zero attached hydrogens (tertiary/aromatic N) is 2. The fourth-order valence-electron chi connectivity index (χ4n) is 5.05. The van der Waals surface area contributed by atoms with Gasteiger partial charge in [0, 0.05) is 43.5 Å². The van der Waals surface area contributed by atoms with Crippen LogP contribution in [0.4, 0.5) is 0 Å². The Kier molecular flexibility index (Phi) is 10.1. The monoisotopic (exact) mass is 672 g/mol. The molecule has 4 nitrogen and oxygen atoms in total. The maximum absolute atomic E-state index is 11.7. The number of carbonyl (C=O) groups excluding carboxylic acids is 1. The summed E-state index contributed by atoms with van der Waals surface area (Å²) in [5.74, 6) is 0.547. The molecule has 195 valence electrons. The first kappa shape index (κ1) is 28.7. The molecule has 0 spiro atoms. The number of allylic oxidation sites excluding steroid dienone is 2. The SMILES string of the molecule is CCC(CC)C(=O)/C=C(\O)C(CC)CC.[Ir].[c-]1cnc2cccc3c2c1-c1nc2ccccc2cc1C3. The number of para-hydroxylation sites is 1. The van der Waals surface area contributed by atoms with Gasteiger partial charge in [-0.2, -0.15) is 11.6 Å². The first-order valence-corrected chi connectivity index (χ1v) is 13.1. The zero-order valence-corrected chi connectivity index (χ0v) is 24.4. The summed E-state index contributed by atoms with van der Waals surface area (Å²) in [7, 11) is 0. The van der Waals surface area contributed by atoms with Crippen molar-refractivity contribution in [3.8, 4) is 11.3 Å². The Balaban J connectivity index is 0.000000214. The van der Waals surface area contributed by atoms with Crippen molar-refractivity contribution in [3.05, 3.63) is 83.8 Å². The van der Waals surface area contributed by atoms with Gasteiger partial charge in [-0.05, 0) is 61.5 Å². The number of pyridine rings is 2. The Morgan fingerprint density at radius 1 is 0.946 bits per heavy atom. The van der Waals surface area contributed by atoms with Gasteiger partial charge in [0.05, 0.1) is 11.3 Å². The second-order valence-electron chi connectivity index (χ2n) is 9.45. The summed E-state index contributed by atoms with van der Waals surface area (Å²) in [5, 5.41) is 12.2. The number of aliphatic hydroxyl groups excluding tert-OH is 1. The van der Waals surface area contributed by atoms with Crippen LogP contribution >= 0.6 is 0 Å². The van der Waals surface area contributed by atoms with Gasteiger partial charge in [0.25, 0.3) is 0 Å². The van der Waals surface area contributed by atoms with E-state index in [9.17, 15) is 9.90 Å². The molecule has 0 atom stereocenters. The van der Waals surface area contributed by atoms with E-state index in [4.69, 9.17) is 4.98 Å². The number of hydrogen-bond acceptors (Lipinski definition) is 4. The molecule has 37 heavy (non-hydrogen) atoms. The van der Waals surface area contributed by atoms with Crippen LogP contribution in [0.15, 0.2) is 66.6 Å². The normalized spacial score (nSPS) is 12.2. The summed E-state index contributed by atoms with van der Waals surface area (Å²) >= 11 is 0. The Labute approximate surface area is 233 Å². The molecule has 5 heteroatoms. The van der Waals surface area contributed by atoms with Gasteiger partial charge in [0.1, 0.15) is 0 Å². The van der Waals surface area contributed by atoms with Crippen LogP contribution in [0.5, 0.6) is 0 Å². The predicted octanol–water partition coefficient (Wildman–Crippen LogP) is 8.02. The zero-order chi connectivity index (χ0) is 25.7. The fourth-order valence-corrected chi connectivity index (χ4v) is 5.05. The molecule has 1 aliphatic rings. The van der Waals surface area contributed by atoms with E-state index in [0.717, 1.165) is 54.4 Å². The van der Waals surface area contributed by atoms with E-state index in [1.165, 1.54) is 28.0 Å². The molecule has 0 aliphatic heterocycles. The molecular weight excluding hydrogens is 637 g/mol. The van der Waals surface area contributed by atoms with E-state index in [-0.39, 0.29) is 43.5 Å². The van der Waals surface area contributed by atoms with Gasteiger partial charge in [-0.1, -0.05) is 80.6 Å². The third-order valence-corrected chi connectivity index (χ3v) is 7.29. The number of ketones is 1. The molecule has 0 fully saturated rings. The molecule has 2 heterocycles. The maximum atomic E-state index is 11.7. The van der Waals surface area contributed by atoms with Crippen LogP contribution in [0.2, 0.25) is 0 Å². The topological polar surface area (TPSA) is 63.1 Å². The second kappa shape index (κ2) is 13.1. The number of aliphatic hydroxyl groups is 1. The number of fused-ring (bicyclic) bond motifs is 3. The van der Waals surface area contributed by atoms with Gasteiger partial charge in [0.15, 0.2) is 5.78 Å². The Morgan fingerprint density at radius 3 is 2.32 bits per heavy atom. The smallest absolute Gasteiger partial charge is 0.162 e. The molecule has 0 unspecified atom stereocenters. The van der Waals surface area contributed by atoms with E-state index in [0.29, 0.717) is 0 Å². The van der Waals surface area contributed by atoms with Gasteiger partial charge in [-0.15, -0.1) is 0 Å². The number of aromatic nitrogens is 2. The number of rotatable bonds is 7. The van der Waals surface area contributed by atoms with Crippen LogP contribution in [-0.4, -0.2) is 20.9 Å². The molecule has 2 aromatic heterocycles. The largest absolute Gasteiger partial charge is 0.512 e. The van der Waals surface area contributed by atoms with Crippen molar-refractivity contribution < 1.29 is 30.0 Å². The number of hydrogen-bond donors (Lipinski definition) is 1. The standard InChI is InChI=1S/C19H11N2.C13H24O2.Ir/c1-2-6-16-12(4-1)10-14-11-13-5-3-7-17-18(13)15(8-9-20-17)19(14)21-16;1-5-10(6-2)12(14)9-13(15)11(7-3)8-4;/h1-7,9-10H,11H2;9-11,14H,5-8H2,1-4H3;/q-1;;/b;12-9-;. The summed E-state index contributed by atoms with van der Waals surface area (Å²) in [6, 6.07) is 20.1. The number of benzene rings is 2. The van der Waals surface area contributed by atoms with Crippen LogP contribution in [0, 0.1) is 17.9 Å². The molecular formula is C32H35IrN2O2-. The Morgan fingerprint density at radius 2 is 1.62 bits per heavy atom. The van der Waals surface area contributed by atoms with Crippen LogP contribution in [0.25, 0.3) is 33.1 Å². The molecule has 0 bridgehead atoms. The van der Waals surface area contributed by atoms with Gasteiger partial charge < -0.3 is 10.1 Å². The minimum atomic E-state index is 0. The average molecular weight is 672 g/mol. The van der Waals surface area contributed by atoms with Crippen molar-refractivity contribution in [2.75, 3.05) is 0 Å². The summed E-state index contributed by atoms with van der Waals surface area (Å²) in [6.07, 6.45) is 7.58. The molecule has 2 aromatic carbocycles. The zero-order valence-electron chi connectivity index (χ0n) is 22.0. The van der Waals surface area contributed by atoms with Crippen LogP contribution in [0.3, 0.4) is 0 Å². The second-order valence-corrected chi connectivity index (χ2v) is 9.45. The molecule has 1 N–H and O–H groups in total. The van der Waals surface area contributed by atoms with Crippen LogP contribution in [0.1, 0.15) is 64.5 Å². The van der Waals surface area contributed by atoms with E-state index in [1.807, 2.05) is 33.8 Å². The maximum Gasteiger partial charge on any atom is 0.162 e. The van der Waals surface area contributed by atoms with Crippen molar-refractivity contribution in [1.29, 1.82) is 0 Å². The third kappa shape index (κ3) is 6.17. The molecule has 1 radical (unpaired) electrons. The molecule has 0 amide bonds. The first-order chi connectivity index (χ1) is 17.5. The summed E-state index contributed by atoms with van der Waals surface area (Å²) in [4.78, 5) is 21.0. The summed E-state index contributed by atoms with van der Waals surface area (Å²) in [6.45, 7) is 8.07. The van der Waals surface area contributed by atoms with Gasteiger partial charge in [0.2, 0.25) is 0 Å². The minimum Gasteiger partial charge on any atom is -0.512 e. The summed E-state index contributed by atoms with van der Waals surface area (Å²) < 4.78 is 0. The fraction of sp³-hybridized carbons (Fsp3) is 0.344. The molecule has 4 aromatic rings. The third-order valence-electron chi connectivity index (χ3n) is 7.29. The number of carbonyl (C=O) groups is 1. The minimum absolute atomic E-state index is 0. The van der Waals surface area contributed by atoms with E-state index in [1.54, 1.807) is 6.20 Å². The van der Waals surface area contributed by atoms with E-state index < -0.39 is 0 Å². The predicted molar refractivity (Wildman–Crippen MR) is 148 cm³/mol. The average Bonchev–Trinajstić information content (AvgIpc) is 2.90. The molecule has 0 saturated heterocycles. The van der Waals surface area contributed by atoms with Crippen molar-refractivity contribution in [2.45, 2.75) is 59.8 Å². The molecule has 0 saturated carbocycles. The van der Waals surface area contributed by atoms with Crippen molar-refractivity contribution in [2.24, 2.45) is 11.8 Å². The van der Waals surface area contributed by atoms with Crippen molar-refractivity contribution >= 4 is 27.6 Å². The van der Waals surface area contributed by atoms with Crippen molar-refractivity contribution in [3.63, 3.8) is 0 Å². The van der Waals surface area contributed by atoms with Gasteiger partial charge >= 0.3 is 0 Å². The van der Waals surface area contributed by atoms with Gasteiger partial charge in [-0.3, -0.25) is 9.78 Å².